The van der Waals surface area contributed by atoms with Crippen molar-refractivity contribution in [3.8, 4) is 22.5 Å². The highest BCUT2D eigenvalue weighted by Gasteiger charge is 2.09. The van der Waals surface area contributed by atoms with Crippen LogP contribution in [0.4, 0.5) is 0 Å². The smallest absolute Gasteiger partial charge is 0.137 e. The van der Waals surface area contributed by atoms with E-state index in [4.69, 9.17) is 4.98 Å². The molecule has 0 bridgehead atoms. The van der Waals surface area contributed by atoms with Gasteiger partial charge in [0.2, 0.25) is 0 Å². The lowest BCUT2D eigenvalue weighted by atomic mass is 10.1. The molecular formula is C19H14N4OS. The van der Waals surface area contributed by atoms with Crippen molar-refractivity contribution in [2.24, 2.45) is 0 Å². The van der Waals surface area contributed by atoms with E-state index < -0.39 is 0 Å². The number of hydrogen-bond acceptors (Lipinski definition) is 4. The third-order valence-electron chi connectivity index (χ3n) is 4.28. The Kier molecular flexibility index (Phi) is 3.19. The molecule has 6 heteroatoms. The van der Waals surface area contributed by atoms with Crippen molar-refractivity contribution in [2.45, 2.75) is 6.61 Å². The summed E-state index contributed by atoms with van der Waals surface area (Å²) in [5.74, 6) is 0. The Labute approximate surface area is 147 Å². The number of aliphatic hydroxyl groups is 1. The number of benzene rings is 1. The average molecular weight is 346 g/mol. The minimum absolute atomic E-state index is 0.0240. The van der Waals surface area contributed by atoms with Crippen LogP contribution in [0.1, 0.15) is 5.01 Å². The second kappa shape index (κ2) is 5.54. The molecule has 5 rings (SSSR count). The van der Waals surface area contributed by atoms with E-state index in [0.29, 0.717) is 0 Å². The Bertz CT molecular complexity index is 1200. The van der Waals surface area contributed by atoms with Crippen LogP contribution in [-0.2, 0) is 6.61 Å². The van der Waals surface area contributed by atoms with Crippen LogP contribution < -0.4 is 0 Å². The molecule has 0 saturated carbocycles. The minimum Gasteiger partial charge on any atom is -0.389 e. The van der Waals surface area contributed by atoms with Crippen LogP contribution in [0.15, 0.2) is 60.4 Å². The highest BCUT2D eigenvalue weighted by molar-refractivity contribution is 7.09. The molecule has 0 aliphatic heterocycles. The summed E-state index contributed by atoms with van der Waals surface area (Å²) in [7, 11) is 0. The number of fused-ring (bicyclic) bond motifs is 2. The number of hydrogen-bond donors (Lipinski definition) is 2. The van der Waals surface area contributed by atoms with E-state index in [1.807, 2.05) is 40.5 Å². The molecule has 0 amide bonds. The fourth-order valence-corrected chi connectivity index (χ4v) is 3.67. The molecule has 0 radical (unpaired) electrons. The monoisotopic (exact) mass is 346 g/mol. The zero-order chi connectivity index (χ0) is 16.8. The number of thiazole rings is 1. The molecule has 5 aromatic rings. The van der Waals surface area contributed by atoms with Gasteiger partial charge in [0.05, 0.1) is 18.0 Å². The van der Waals surface area contributed by atoms with Crippen LogP contribution in [0.25, 0.3) is 39.1 Å². The van der Waals surface area contributed by atoms with Gasteiger partial charge in [0.1, 0.15) is 10.7 Å². The van der Waals surface area contributed by atoms with E-state index in [9.17, 15) is 5.11 Å². The molecule has 0 aliphatic rings. The van der Waals surface area contributed by atoms with Gasteiger partial charge in [-0.25, -0.2) is 9.97 Å². The number of pyridine rings is 1. The van der Waals surface area contributed by atoms with Crippen molar-refractivity contribution in [2.75, 3.05) is 0 Å². The maximum absolute atomic E-state index is 9.19. The van der Waals surface area contributed by atoms with Gasteiger partial charge in [-0.2, -0.15) is 0 Å². The molecule has 25 heavy (non-hydrogen) atoms. The number of imidazole rings is 1. The maximum Gasteiger partial charge on any atom is 0.137 e. The summed E-state index contributed by atoms with van der Waals surface area (Å²) in [4.78, 5) is 12.4. The number of nitrogens with one attached hydrogen (secondary N) is 1. The molecule has 0 atom stereocenters. The Morgan fingerprint density at radius 1 is 1.00 bits per heavy atom. The number of H-pyrrole nitrogens is 1. The molecule has 0 spiro atoms. The van der Waals surface area contributed by atoms with Crippen molar-refractivity contribution in [1.82, 2.24) is 19.4 Å². The van der Waals surface area contributed by atoms with E-state index >= 15 is 0 Å². The normalized spacial score (nSPS) is 11.6. The maximum atomic E-state index is 9.19. The third-order valence-corrected chi connectivity index (χ3v) is 5.12. The second-order valence-electron chi connectivity index (χ2n) is 5.87. The first-order valence-electron chi connectivity index (χ1n) is 7.92. The van der Waals surface area contributed by atoms with Crippen LogP contribution >= 0.6 is 11.3 Å². The predicted molar refractivity (Wildman–Crippen MR) is 99.5 cm³/mol. The molecule has 4 aromatic heterocycles. The van der Waals surface area contributed by atoms with Gasteiger partial charge in [0, 0.05) is 46.0 Å². The fraction of sp³-hybridized carbons (Fsp3) is 0.0526. The molecule has 4 heterocycles. The number of aliphatic hydroxyl groups excluding tert-OH is 1. The first kappa shape index (κ1) is 14.4. The van der Waals surface area contributed by atoms with Crippen LogP contribution in [0.3, 0.4) is 0 Å². The zero-order valence-electron chi connectivity index (χ0n) is 13.2. The summed E-state index contributed by atoms with van der Waals surface area (Å²) in [6, 6.07) is 12.4. The van der Waals surface area contributed by atoms with E-state index in [0.717, 1.165) is 38.7 Å². The van der Waals surface area contributed by atoms with Crippen molar-refractivity contribution >= 4 is 27.9 Å². The molecule has 1 aromatic carbocycles. The summed E-state index contributed by atoms with van der Waals surface area (Å²) < 4.78 is 2.02. The lowest BCUT2D eigenvalue weighted by Crippen LogP contribution is -1.86. The van der Waals surface area contributed by atoms with Gasteiger partial charge in [0.15, 0.2) is 0 Å². The predicted octanol–water partition coefficient (Wildman–Crippen LogP) is 4.10. The van der Waals surface area contributed by atoms with Crippen LogP contribution in [0.2, 0.25) is 0 Å². The first-order valence-corrected chi connectivity index (χ1v) is 8.80. The first-order chi connectivity index (χ1) is 12.3. The lowest BCUT2D eigenvalue weighted by molar-refractivity contribution is 0.281. The van der Waals surface area contributed by atoms with Gasteiger partial charge < -0.3 is 14.5 Å². The quantitative estimate of drug-likeness (QED) is 0.517. The summed E-state index contributed by atoms with van der Waals surface area (Å²) in [6.07, 6.45) is 6.00. The zero-order valence-corrected chi connectivity index (χ0v) is 14.0. The van der Waals surface area contributed by atoms with Crippen LogP contribution in [0.5, 0.6) is 0 Å². The average Bonchev–Trinajstić information content (AvgIpc) is 3.37. The molecule has 122 valence electrons. The molecule has 2 N–H and O–H groups in total. The van der Waals surface area contributed by atoms with Crippen molar-refractivity contribution in [3.05, 3.63) is 65.4 Å². The number of nitrogens with zero attached hydrogens (tertiary/aromatic N) is 3. The number of aromatic amines is 1. The highest BCUT2D eigenvalue weighted by Crippen LogP contribution is 2.26. The number of aromatic nitrogens is 4. The van der Waals surface area contributed by atoms with Crippen molar-refractivity contribution < 1.29 is 5.11 Å². The van der Waals surface area contributed by atoms with E-state index in [2.05, 4.69) is 34.2 Å². The van der Waals surface area contributed by atoms with Crippen molar-refractivity contribution in [1.29, 1.82) is 0 Å². The lowest BCUT2D eigenvalue weighted by Gasteiger charge is -1.98. The Balaban J connectivity index is 1.58. The molecule has 0 saturated heterocycles. The Morgan fingerprint density at radius 3 is 2.80 bits per heavy atom. The SMILES string of the molecule is OCc1nc(-c2ccc3nc(-c4ccc5[nH]ccc5c4)cn3c2)cs1. The largest absolute Gasteiger partial charge is 0.389 e. The van der Waals surface area contributed by atoms with Crippen LogP contribution in [0, 0.1) is 0 Å². The molecule has 0 aliphatic carbocycles. The van der Waals surface area contributed by atoms with E-state index in [1.54, 1.807) is 0 Å². The second-order valence-corrected chi connectivity index (χ2v) is 6.82. The summed E-state index contributed by atoms with van der Waals surface area (Å²) >= 11 is 1.46. The standard InChI is InChI=1S/C19H14N4OS/c24-10-19-22-17(11-25-19)14-2-4-18-21-16(9-23(18)8-14)12-1-3-15-13(7-12)5-6-20-15/h1-9,11,20,24H,10H2. The fourth-order valence-electron chi connectivity index (χ4n) is 3.01. The van der Waals surface area contributed by atoms with Crippen LogP contribution in [-0.4, -0.2) is 24.5 Å². The van der Waals surface area contributed by atoms with E-state index in [1.165, 1.54) is 16.7 Å². The minimum atomic E-state index is -0.0240. The van der Waals surface area contributed by atoms with Gasteiger partial charge in [0.25, 0.3) is 0 Å². The molecule has 0 unspecified atom stereocenters. The number of rotatable bonds is 3. The Morgan fingerprint density at radius 2 is 1.92 bits per heavy atom. The Hall–Kier alpha value is -2.96. The van der Waals surface area contributed by atoms with Gasteiger partial charge in [-0.05, 0) is 30.3 Å². The van der Waals surface area contributed by atoms with E-state index in [-0.39, 0.29) is 6.61 Å². The van der Waals surface area contributed by atoms with Crippen molar-refractivity contribution in [3.63, 3.8) is 0 Å². The van der Waals surface area contributed by atoms with Gasteiger partial charge in [-0.1, -0.05) is 6.07 Å². The van der Waals surface area contributed by atoms with Gasteiger partial charge in [-0.15, -0.1) is 11.3 Å². The summed E-state index contributed by atoms with van der Waals surface area (Å²) in [5.41, 5.74) is 5.93. The van der Waals surface area contributed by atoms with Gasteiger partial charge in [-0.3, -0.25) is 0 Å². The summed E-state index contributed by atoms with van der Waals surface area (Å²) in [5, 5.41) is 13.1. The third kappa shape index (κ3) is 2.43. The highest BCUT2D eigenvalue weighted by atomic mass is 32.1. The topological polar surface area (TPSA) is 66.2 Å². The molecule has 0 fully saturated rings. The van der Waals surface area contributed by atoms with Gasteiger partial charge >= 0.3 is 0 Å². The summed E-state index contributed by atoms with van der Waals surface area (Å²) in [6.45, 7) is -0.0240. The molecular weight excluding hydrogens is 332 g/mol. The molecule has 5 nitrogen and oxygen atoms in total.